The number of nitrogens with zero attached hydrogens (tertiary/aromatic N) is 4. The maximum absolute atomic E-state index is 12.8. The van der Waals surface area contributed by atoms with E-state index in [2.05, 4.69) is 32.3 Å². The molecular weight excluding hydrogens is 344 g/mol. The van der Waals surface area contributed by atoms with E-state index in [1.807, 2.05) is 24.0 Å². The van der Waals surface area contributed by atoms with E-state index in [0.717, 1.165) is 62.1 Å². The number of benzene rings is 1. The summed E-state index contributed by atoms with van der Waals surface area (Å²) in [6, 6.07) is 8.17. The van der Waals surface area contributed by atoms with Crippen LogP contribution in [0.2, 0.25) is 0 Å². The Hall–Kier alpha value is -1.92. The number of carbonyl (C=O) groups excluding carboxylic acids is 1. The van der Waals surface area contributed by atoms with E-state index in [9.17, 15) is 4.79 Å². The second kappa shape index (κ2) is 7.76. The van der Waals surface area contributed by atoms with Crippen molar-refractivity contribution in [3.05, 3.63) is 45.9 Å². The second-order valence-electron chi connectivity index (χ2n) is 7.17. The van der Waals surface area contributed by atoms with Crippen LogP contribution in [0.3, 0.4) is 0 Å². The molecule has 2 aliphatic rings. The third kappa shape index (κ3) is 3.91. The van der Waals surface area contributed by atoms with E-state index >= 15 is 0 Å². The van der Waals surface area contributed by atoms with E-state index in [1.165, 1.54) is 18.5 Å². The minimum atomic E-state index is 0.155. The van der Waals surface area contributed by atoms with Gasteiger partial charge in [-0.2, -0.15) is 0 Å². The largest absolute Gasteiger partial charge is 0.372 e. The van der Waals surface area contributed by atoms with Crippen molar-refractivity contribution < 1.29 is 4.79 Å². The Morgan fingerprint density at radius 1 is 1.04 bits per heavy atom. The molecule has 2 fully saturated rings. The molecular formula is C20H26N4OS. The molecule has 0 radical (unpaired) electrons. The summed E-state index contributed by atoms with van der Waals surface area (Å²) in [6.07, 6.45) is 2.54. The van der Waals surface area contributed by atoms with E-state index in [4.69, 9.17) is 0 Å². The highest BCUT2D eigenvalue weighted by molar-refractivity contribution is 7.09. The maximum Gasteiger partial charge on any atom is 0.253 e. The zero-order valence-electron chi connectivity index (χ0n) is 15.4. The highest BCUT2D eigenvalue weighted by atomic mass is 32.1. The highest BCUT2D eigenvalue weighted by Crippen LogP contribution is 2.21. The molecule has 0 unspecified atom stereocenters. The Morgan fingerprint density at radius 3 is 2.35 bits per heavy atom. The normalized spacial score (nSPS) is 18.5. The summed E-state index contributed by atoms with van der Waals surface area (Å²) in [6.45, 7) is 8.59. The smallest absolute Gasteiger partial charge is 0.253 e. The second-order valence-corrected chi connectivity index (χ2v) is 8.23. The molecule has 2 aromatic rings. The molecule has 1 amide bonds. The van der Waals surface area contributed by atoms with Crippen molar-refractivity contribution in [2.45, 2.75) is 26.3 Å². The number of amides is 1. The van der Waals surface area contributed by atoms with Crippen molar-refractivity contribution in [3.63, 3.8) is 0 Å². The first kappa shape index (κ1) is 17.5. The molecule has 6 heteroatoms. The van der Waals surface area contributed by atoms with Crippen LogP contribution in [0.1, 0.15) is 33.9 Å². The summed E-state index contributed by atoms with van der Waals surface area (Å²) in [4.78, 5) is 24.1. The summed E-state index contributed by atoms with van der Waals surface area (Å²) in [5, 5.41) is 3.25. The summed E-state index contributed by atoms with van der Waals surface area (Å²) in [7, 11) is 0. The summed E-state index contributed by atoms with van der Waals surface area (Å²) in [5.74, 6) is 0.155. The van der Waals surface area contributed by atoms with Crippen LogP contribution in [-0.4, -0.2) is 60.0 Å². The van der Waals surface area contributed by atoms with Crippen LogP contribution in [0, 0.1) is 6.92 Å². The Balaban J connectivity index is 1.31. The number of piperazine rings is 1. The lowest BCUT2D eigenvalue weighted by Crippen LogP contribution is -2.48. The minimum absolute atomic E-state index is 0.155. The number of hydrogen-bond donors (Lipinski definition) is 0. The molecule has 0 spiro atoms. The van der Waals surface area contributed by atoms with Crippen LogP contribution in [0.25, 0.3) is 0 Å². The molecule has 26 heavy (non-hydrogen) atoms. The molecule has 1 aromatic carbocycles. The van der Waals surface area contributed by atoms with Gasteiger partial charge in [-0.05, 0) is 44.0 Å². The van der Waals surface area contributed by atoms with Crippen LogP contribution in [0.5, 0.6) is 0 Å². The molecule has 2 saturated heterocycles. The first-order valence-electron chi connectivity index (χ1n) is 9.47. The van der Waals surface area contributed by atoms with Crippen molar-refractivity contribution >= 4 is 22.9 Å². The molecule has 0 N–H and O–H groups in total. The first-order chi connectivity index (χ1) is 12.7. The third-order valence-electron chi connectivity index (χ3n) is 5.30. The first-order valence-corrected chi connectivity index (χ1v) is 10.3. The van der Waals surface area contributed by atoms with Crippen molar-refractivity contribution in [2.24, 2.45) is 0 Å². The van der Waals surface area contributed by atoms with Gasteiger partial charge in [0, 0.05) is 62.4 Å². The van der Waals surface area contributed by atoms with Gasteiger partial charge in [-0.15, -0.1) is 11.3 Å². The van der Waals surface area contributed by atoms with Crippen molar-refractivity contribution in [1.82, 2.24) is 14.8 Å². The van der Waals surface area contributed by atoms with Crippen LogP contribution >= 0.6 is 11.3 Å². The molecule has 1 aromatic heterocycles. The van der Waals surface area contributed by atoms with E-state index in [0.29, 0.717) is 0 Å². The van der Waals surface area contributed by atoms with Gasteiger partial charge in [-0.25, -0.2) is 4.98 Å². The number of thiazole rings is 1. The SMILES string of the molecule is Cc1nc(CN2CCN(C(=O)c3ccc(N4CCCC4)cc3)CC2)cs1. The van der Waals surface area contributed by atoms with Gasteiger partial charge in [0.05, 0.1) is 10.7 Å². The van der Waals surface area contributed by atoms with Gasteiger partial charge in [0.2, 0.25) is 0 Å². The quantitative estimate of drug-likeness (QED) is 0.829. The maximum atomic E-state index is 12.8. The molecule has 3 heterocycles. The van der Waals surface area contributed by atoms with E-state index in [1.54, 1.807) is 11.3 Å². The molecule has 2 aliphatic heterocycles. The Labute approximate surface area is 159 Å². The van der Waals surface area contributed by atoms with Gasteiger partial charge in [-0.3, -0.25) is 9.69 Å². The minimum Gasteiger partial charge on any atom is -0.372 e. The zero-order chi connectivity index (χ0) is 17.9. The lowest BCUT2D eigenvalue weighted by atomic mass is 10.1. The van der Waals surface area contributed by atoms with Crippen LogP contribution in [0.4, 0.5) is 5.69 Å². The van der Waals surface area contributed by atoms with Gasteiger partial charge < -0.3 is 9.80 Å². The van der Waals surface area contributed by atoms with Gasteiger partial charge in [0.25, 0.3) is 5.91 Å². The number of rotatable bonds is 4. The molecule has 4 rings (SSSR count). The Kier molecular flexibility index (Phi) is 5.22. The number of carbonyl (C=O) groups is 1. The summed E-state index contributed by atoms with van der Waals surface area (Å²) in [5.41, 5.74) is 3.18. The van der Waals surface area contributed by atoms with Crippen LogP contribution in [0.15, 0.2) is 29.6 Å². The molecule has 0 bridgehead atoms. The van der Waals surface area contributed by atoms with E-state index < -0.39 is 0 Å². The number of aromatic nitrogens is 1. The molecule has 5 nitrogen and oxygen atoms in total. The zero-order valence-corrected chi connectivity index (χ0v) is 16.2. The topological polar surface area (TPSA) is 39.7 Å². The summed E-state index contributed by atoms with van der Waals surface area (Å²) < 4.78 is 0. The van der Waals surface area contributed by atoms with Crippen LogP contribution in [-0.2, 0) is 6.54 Å². The van der Waals surface area contributed by atoms with Crippen LogP contribution < -0.4 is 4.90 Å². The predicted molar refractivity (Wildman–Crippen MR) is 106 cm³/mol. The lowest BCUT2D eigenvalue weighted by molar-refractivity contribution is 0.0627. The Morgan fingerprint density at radius 2 is 1.73 bits per heavy atom. The third-order valence-corrected chi connectivity index (χ3v) is 6.12. The molecule has 0 aliphatic carbocycles. The predicted octanol–water partition coefficient (Wildman–Crippen LogP) is 3.01. The standard InChI is InChI=1S/C20H26N4OS/c1-16-21-18(15-26-16)14-22-10-12-24(13-11-22)20(25)17-4-6-19(7-5-17)23-8-2-3-9-23/h4-7,15H,2-3,8-14H2,1H3. The molecule has 0 atom stereocenters. The van der Waals surface area contributed by atoms with E-state index in [-0.39, 0.29) is 5.91 Å². The Bertz CT molecular complexity index is 743. The van der Waals surface area contributed by atoms with Gasteiger partial charge in [0.15, 0.2) is 0 Å². The van der Waals surface area contributed by atoms with Crippen molar-refractivity contribution in [2.75, 3.05) is 44.2 Å². The fourth-order valence-corrected chi connectivity index (χ4v) is 4.40. The van der Waals surface area contributed by atoms with Gasteiger partial charge in [-0.1, -0.05) is 0 Å². The van der Waals surface area contributed by atoms with Gasteiger partial charge >= 0.3 is 0 Å². The number of anilines is 1. The number of hydrogen-bond acceptors (Lipinski definition) is 5. The number of aryl methyl sites for hydroxylation is 1. The average molecular weight is 371 g/mol. The monoisotopic (exact) mass is 370 g/mol. The average Bonchev–Trinajstić information content (AvgIpc) is 3.34. The fraction of sp³-hybridized carbons (Fsp3) is 0.500. The highest BCUT2D eigenvalue weighted by Gasteiger charge is 2.23. The molecule has 0 saturated carbocycles. The van der Waals surface area contributed by atoms with Gasteiger partial charge in [0.1, 0.15) is 0 Å². The fourth-order valence-electron chi connectivity index (χ4n) is 3.79. The lowest BCUT2D eigenvalue weighted by Gasteiger charge is -2.34. The summed E-state index contributed by atoms with van der Waals surface area (Å²) >= 11 is 1.70. The molecule has 138 valence electrons. The van der Waals surface area contributed by atoms with Crippen molar-refractivity contribution in [3.8, 4) is 0 Å². The van der Waals surface area contributed by atoms with Crippen molar-refractivity contribution in [1.29, 1.82) is 0 Å².